The Morgan fingerprint density at radius 2 is 2.16 bits per heavy atom. The van der Waals surface area contributed by atoms with E-state index in [1.807, 2.05) is 11.8 Å². The van der Waals surface area contributed by atoms with Crippen molar-refractivity contribution in [2.24, 2.45) is 0 Å². The van der Waals surface area contributed by atoms with Crippen LogP contribution in [0.1, 0.15) is 29.7 Å². The predicted molar refractivity (Wildman–Crippen MR) is 95.2 cm³/mol. The van der Waals surface area contributed by atoms with Crippen molar-refractivity contribution in [3.63, 3.8) is 0 Å². The number of rotatable bonds is 3. The van der Waals surface area contributed by atoms with Crippen LogP contribution in [-0.4, -0.2) is 67.0 Å². The van der Waals surface area contributed by atoms with Crippen molar-refractivity contribution in [1.82, 2.24) is 15.1 Å². The van der Waals surface area contributed by atoms with Gasteiger partial charge in [0.25, 0.3) is 0 Å². The minimum Gasteiger partial charge on any atom is -0.370 e. The number of amides is 2. The molecule has 0 spiro atoms. The van der Waals surface area contributed by atoms with E-state index in [4.69, 9.17) is 4.74 Å². The second kappa shape index (κ2) is 7.54. The molecule has 2 fully saturated rings. The maximum atomic E-state index is 12.8. The van der Waals surface area contributed by atoms with Gasteiger partial charge in [0.1, 0.15) is 6.10 Å². The topological polar surface area (TPSA) is 61.9 Å². The molecule has 2 aliphatic rings. The minimum absolute atomic E-state index is 0.00126. The fraction of sp³-hybridized carbons (Fsp3) is 0.579. The molecule has 1 aromatic rings. The maximum Gasteiger partial charge on any atom is 0.242 e. The van der Waals surface area contributed by atoms with Gasteiger partial charge in [0, 0.05) is 13.1 Å². The number of morpholine rings is 1. The van der Waals surface area contributed by atoms with E-state index >= 15 is 0 Å². The zero-order chi connectivity index (χ0) is 18.0. The average Bonchev–Trinajstić information content (AvgIpc) is 2.59. The summed E-state index contributed by atoms with van der Waals surface area (Å²) in [6, 6.07) is 6.34. The molecule has 1 N–H and O–H groups in total. The summed E-state index contributed by atoms with van der Waals surface area (Å²) in [7, 11) is 0. The molecule has 6 nitrogen and oxygen atoms in total. The molecular formula is C19H27N3O3. The Labute approximate surface area is 149 Å². The molecule has 2 aliphatic heterocycles. The van der Waals surface area contributed by atoms with Crippen LogP contribution in [0.25, 0.3) is 0 Å². The van der Waals surface area contributed by atoms with Crippen molar-refractivity contribution in [1.29, 1.82) is 0 Å². The number of benzene rings is 1. The van der Waals surface area contributed by atoms with Crippen LogP contribution in [0.4, 0.5) is 0 Å². The largest absolute Gasteiger partial charge is 0.370 e. The minimum atomic E-state index is -0.112. The summed E-state index contributed by atoms with van der Waals surface area (Å²) in [6.07, 6.45) is -0.112. The number of hydrogen-bond acceptors (Lipinski definition) is 4. The van der Waals surface area contributed by atoms with Crippen LogP contribution in [-0.2, 0) is 14.3 Å². The van der Waals surface area contributed by atoms with Crippen LogP contribution in [0, 0.1) is 13.8 Å². The van der Waals surface area contributed by atoms with Gasteiger partial charge in [0.15, 0.2) is 0 Å². The zero-order valence-corrected chi connectivity index (χ0v) is 15.2. The van der Waals surface area contributed by atoms with Gasteiger partial charge in [-0.1, -0.05) is 23.8 Å². The van der Waals surface area contributed by atoms with Crippen LogP contribution in [0.3, 0.4) is 0 Å². The molecule has 2 saturated heterocycles. The van der Waals surface area contributed by atoms with E-state index in [2.05, 4.69) is 37.4 Å². The lowest BCUT2D eigenvalue weighted by molar-refractivity contribution is -0.149. The highest BCUT2D eigenvalue weighted by molar-refractivity contribution is 5.86. The van der Waals surface area contributed by atoms with Crippen molar-refractivity contribution >= 4 is 11.8 Å². The molecule has 0 radical (unpaired) electrons. The molecule has 0 aromatic heterocycles. The van der Waals surface area contributed by atoms with Crippen LogP contribution in [0.5, 0.6) is 0 Å². The second-order valence-electron chi connectivity index (χ2n) is 7.07. The van der Waals surface area contributed by atoms with E-state index in [9.17, 15) is 9.59 Å². The quantitative estimate of drug-likeness (QED) is 0.889. The first-order chi connectivity index (χ1) is 12.0. The Kier molecular flexibility index (Phi) is 5.39. The van der Waals surface area contributed by atoms with Crippen LogP contribution >= 0.6 is 0 Å². The normalized spacial score (nSPS) is 24.5. The first-order valence-corrected chi connectivity index (χ1v) is 8.92. The highest BCUT2D eigenvalue weighted by atomic mass is 16.5. The molecule has 0 saturated carbocycles. The van der Waals surface area contributed by atoms with E-state index < -0.39 is 0 Å². The Morgan fingerprint density at radius 1 is 1.36 bits per heavy atom. The van der Waals surface area contributed by atoms with Gasteiger partial charge in [0.05, 0.1) is 32.3 Å². The summed E-state index contributed by atoms with van der Waals surface area (Å²) < 4.78 is 6.02. The standard InChI is InChI=1S/C19H27N3O3/c1-13-4-5-14(2)16(8-13)17-10-22(15(3)12-25-17)19(24)11-21-7-6-20-9-18(21)23/h4-5,8,15,17,20H,6-7,9-12H2,1-3H3/t15-,17-/m1/s1. The summed E-state index contributed by atoms with van der Waals surface area (Å²) in [6.45, 7) is 8.98. The van der Waals surface area contributed by atoms with Crippen molar-refractivity contribution in [2.45, 2.75) is 32.9 Å². The van der Waals surface area contributed by atoms with Gasteiger partial charge in [-0.15, -0.1) is 0 Å². The van der Waals surface area contributed by atoms with E-state index in [-0.39, 0.29) is 30.5 Å². The Morgan fingerprint density at radius 3 is 2.92 bits per heavy atom. The summed E-state index contributed by atoms with van der Waals surface area (Å²) in [5, 5.41) is 3.03. The van der Waals surface area contributed by atoms with E-state index in [1.165, 1.54) is 11.1 Å². The Hall–Kier alpha value is -1.92. The molecule has 136 valence electrons. The molecule has 25 heavy (non-hydrogen) atoms. The average molecular weight is 345 g/mol. The lowest BCUT2D eigenvalue weighted by Gasteiger charge is -2.40. The fourth-order valence-electron chi connectivity index (χ4n) is 3.47. The molecule has 2 heterocycles. The first-order valence-electron chi connectivity index (χ1n) is 8.92. The van der Waals surface area contributed by atoms with E-state index in [0.717, 1.165) is 12.1 Å². The van der Waals surface area contributed by atoms with Crippen molar-refractivity contribution in [3.8, 4) is 0 Å². The number of hydrogen-bond donors (Lipinski definition) is 1. The molecule has 0 unspecified atom stereocenters. The maximum absolute atomic E-state index is 12.8. The molecule has 0 aliphatic carbocycles. The van der Waals surface area contributed by atoms with Gasteiger partial charge >= 0.3 is 0 Å². The number of carbonyl (C=O) groups excluding carboxylic acids is 2. The summed E-state index contributed by atoms with van der Waals surface area (Å²) in [5.41, 5.74) is 3.50. The van der Waals surface area contributed by atoms with Crippen LogP contribution < -0.4 is 5.32 Å². The Balaban J connectivity index is 1.70. The molecule has 3 rings (SSSR count). The van der Waals surface area contributed by atoms with Gasteiger partial charge in [-0.2, -0.15) is 0 Å². The molecule has 0 bridgehead atoms. The Bertz CT molecular complexity index is 661. The second-order valence-corrected chi connectivity index (χ2v) is 7.07. The van der Waals surface area contributed by atoms with Crippen molar-refractivity contribution in [2.75, 3.05) is 39.3 Å². The number of carbonyl (C=O) groups is 2. The third kappa shape index (κ3) is 4.02. The highest BCUT2D eigenvalue weighted by Gasteiger charge is 2.32. The third-order valence-electron chi connectivity index (χ3n) is 5.05. The number of ether oxygens (including phenoxy) is 1. The fourth-order valence-corrected chi connectivity index (χ4v) is 3.47. The van der Waals surface area contributed by atoms with Gasteiger partial charge in [-0.05, 0) is 31.9 Å². The molecule has 2 amide bonds. The predicted octanol–water partition coefficient (Wildman–Crippen LogP) is 1.02. The lowest BCUT2D eigenvalue weighted by Crippen LogP contribution is -2.55. The lowest BCUT2D eigenvalue weighted by atomic mass is 9.99. The van der Waals surface area contributed by atoms with E-state index in [1.54, 1.807) is 4.90 Å². The summed E-state index contributed by atoms with van der Waals surface area (Å²) >= 11 is 0. The first kappa shape index (κ1) is 17.9. The smallest absolute Gasteiger partial charge is 0.242 e. The monoisotopic (exact) mass is 345 g/mol. The number of piperazine rings is 1. The number of aryl methyl sites for hydroxylation is 2. The van der Waals surface area contributed by atoms with Crippen LogP contribution in [0.15, 0.2) is 18.2 Å². The zero-order valence-electron chi connectivity index (χ0n) is 15.2. The number of nitrogens with one attached hydrogen (secondary N) is 1. The number of nitrogens with zero attached hydrogens (tertiary/aromatic N) is 2. The van der Waals surface area contributed by atoms with Gasteiger partial charge < -0.3 is 19.9 Å². The van der Waals surface area contributed by atoms with Crippen LogP contribution in [0.2, 0.25) is 0 Å². The van der Waals surface area contributed by atoms with Gasteiger partial charge in [0.2, 0.25) is 11.8 Å². The molecule has 2 atom stereocenters. The van der Waals surface area contributed by atoms with Crippen molar-refractivity contribution in [3.05, 3.63) is 34.9 Å². The summed E-state index contributed by atoms with van der Waals surface area (Å²) in [5.74, 6) is -0.00653. The van der Waals surface area contributed by atoms with E-state index in [0.29, 0.717) is 26.2 Å². The summed E-state index contributed by atoms with van der Waals surface area (Å²) in [4.78, 5) is 28.3. The highest BCUT2D eigenvalue weighted by Crippen LogP contribution is 2.28. The molecule has 6 heteroatoms. The third-order valence-corrected chi connectivity index (χ3v) is 5.05. The van der Waals surface area contributed by atoms with Gasteiger partial charge in [-0.3, -0.25) is 9.59 Å². The molecule has 1 aromatic carbocycles. The van der Waals surface area contributed by atoms with Gasteiger partial charge in [-0.25, -0.2) is 0 Å². The SMILES string of the molecule is Cc1ccc(C)c([C@H]2CN(C(=O)CN3CCNCC3=O)[C@H](C)CO2)c1. The molecular weight excluding hydrogens is 318 g/mol. The van der Waals surface area contributed by atoms with Crippen molar-refractivity contribution < 1.29 is 14.3 Å².